The van der Waals surface area contributed by atoms with Gasteiger partial charge < -0.3 is 19.5 Å². The third kappa shape index (κ3) is 5.19. The SMILES string of the molecule is COc1ccc([C@H]2C(C(=O)OC3CCCCC3)=C(C)NC3=C2C(=O)C[C@@H](c2ccc(Cl)cc2)C3)cc1OC. The average Bonchev–Trinajstić information content (AvgIpc) is 2.92. The zero-order valence-corrected chi connectivity index (χ0v) is 22.9. The molecular formula is C31H34ClNO5. The van der Waals surface area contributed by atoms with Crippen molar-refractivity contribution in [3.05, 3.63) is 81.2 Å². The van der Waals surface area contributed by atoms with Crippen molar-refractivity contribution in [2.75, 3.05) is 14.2 Å². The summed E-state index contributed by atoms with van der Waals surface area (Å²) < 4.78 is 17.1. The van der Waals surface area contributed by atoms with Crippen LogP contribution in [0.25, 0.3) is 0 Å². The van der Waals surface area contributed by atoms with Crippen LogP contribution in [-0.2, 0) is 14.3 Å². The molecule has 0 unspecified atom stereocenters. The van der Waals surface area contributed by atoms with Gasteiger partial charge in [0.05, 0.1) is 19.8 Å². The van der Waals surface area contributed by atoms with E-state index in [0.29, 0.717) is 46.2 Å². The van der Waals surface area contributed by atoms with Gasteiger partial charge >= 0.3 is 5.97 Å². The van der Waals surface area contributed by atoms with Crippen LogP contribution in [0.15, 0.2) is 65.0 Å². The number of nitrogens with one attached hydrogen (secondary N) is 1. The number of halogens is 1. The van der Waals surface area contributed by atoms with Crippen LogP contribution < -0.4 is 14.8 Å². The van der Waals surface area contributed by atoms with Gasteiger partial charge in [0.2, 0.25) is 0 Å². The highest BCUT2D eigenvalue weighted by Gasteiger charge is 2.42. The lowest BCUT2D eigenvalue weighted by Crippen LogP contribution is -2.37. The fourth-order valence-electron chi connectivity index (χ4n) is 6.04. The second kappa shape index (κ2) is 11.2. The van der Waals surface area contributed by atoms with Gasteiger partial charge in [0, 0.05) is 34.3 Å². The predicted octanol–water partition coefficient (Wildman–Crippen LogP) is 6.59. The van der Waals surface area contributed by atoms with Gasteiger partial charge in [-0.15, -0.1) is 0 Å². The Kier molecular flexibility index (Phi) is 7.80. The molecule has 2 aromatic rings. The molecule has 1 aliphatic heterocycles. The van der Waals surface area contributed by atoms with E-state index in [1.165, 1.54) is 6.42 Å². The maximum Gasteiger partial charge on any atom is 0.337 e. The number of ketones is 1. The second-order valence-corrected chi connectivity index (χ2v) is 10.8. The predicted molar refractivity (Wildman–Crippen MR) is 147 cm³/mol. The van der Waals surface area contributed by atoms with E-state index in [-0.39, 0.29) is 23.8 Å². The number of benzene rings is 2. The summed E-state index contributed by atoms with van der Waals surface area (Å²) in [7, 11) is 3.16. The van der Waals surface area contributed by atoms with E-state index in [0.717, 1.165) is 42.5 Å². The topological polar surface area (TPSA) is 73.9 Å². The van der Waals surface area contributed by atoms with Crippen LogP contribution in [0.2, 0.25) is 5.02 Å². The van der Waals surface area contributed by atoms with Crippen LogP contribution >= 0.6 is 11.6 Å². The molecule has 3 aliphatic rings. The smallest absolute Gasteiger partial charge is 0.337 e. The summed E-state index contributed by atoms with van der Waals surface area (Å²) in [6.45, 7) is 1.89. The third-order valence-electron chi connectivity index (χ3n) is 7.96. The molecule has 1 saturated carbocycles. The number of dihydropyridines is 1. The molecule has 5 rings (SSSR count). The van der Waals surface area contributed by atoms with Gasteiger partial charge in [0.1, 0.15) is 6.10 Å². The van der Waals surface area contributed by atoms with E-state index in [2.05, 4.69) is 5.32 Å². The lowest BCUT2D eigenvalue weighted by molar-refractivity contribution is -0.146. The molecule has 7 heteroatoms. The Morgan fingerprint density at radius 3 is 2.29 bits per heavy atom. The zero-order valence-electron chi connectivity index (χ0n) is 22.1. The van der Waals surface area contributed by atoms with Gasteiger partial charge in [0.15, 0.2) is 17.3 Å². The number of hydrogen-bond acceptors (Lipinski definition) is 6. The Morgan fingerprint density at radius 1 is 0.921 bits per heavy atom. The van der Waals surface area contributed by atoms with Gasteiger partial charge in [-0.1, -0.05) is 36.2 Å². The summed E-state index contributed by atoms with van der Waals surface area (Å²) in [5, 5.41) is 4.10. The molecule has 2 aromatic carbocycles. The fraction of sp³-hybridized carbons (Fsp3) is 0.419. The Hall–Kier alpha value is -3.25. The molecule has 38 heavy (non-hydrogen) atoms. The van der Waals surface area contributed by atoms with Crippen molar-refractivity contribution in [1.29, 1.82) is 0 Å². The molecule has 0 radical (unpaired) electrons. The first-order chi connectivity index (χ1) is 18.4. The van der Waals surface area contributed by atoms with Crippen molar-refractivity contribution >= 4 is 23.4 Å². The highest BCUT2D eigenvalue weighted by atomic mass is 35.5. The number of ether oxygens (including phenoxy) is 3. The Bertz CT molecular complexity index is 1290. The normalized spacial score (nSPS) is 22.1. The highest BCUT2D eigenvalue weighted by molar-refractivity contribution is 6.30. The number of carbonyl (C=O) groups is 2. The molecule has 1 N–H and O–H groups in total. The largest absolute Gasteiger partial charge is 0.493 e. The number of carbonyl (C=O) groups excluding carboxylic acids is 2. The summed E-state index contributed by atoms with van der Waals surface area (Å²) in [6, 6.07) is 13.3. The van der Waals surface area contributed by atoms with Gasteiger partial charge in [-0.05, 0) is 80.3 Å². The van der Waals surface area contributed by atoms with Crippen LogP contribution in [0.5, 0.6) is 11.5 Å². The molecule has 2 aliphatic carbocycles. The van der Waals surface area contributed by atoms with E-state index in [9.17, 15) is 9.59 Å². The first-order valence-corrected chi connectivity index (χ1v) is 13.7. The number of allylic oxidation sites excluding steroid dienone is 3. The Balaban J connectivity index is 1.56. The summed E-state index contributed by atoms with van der Waals surface area (Å²) in [4.78, 5) is 27.6. The fourth-order valence-corrected chi connectivity index (χ4v) is 6.17. The molecule has 0 amide bonds. The lowest BCUT2D eigenvalue weighted by atomic mass is 9.71. The summed E-state index contributed by atoms with van der Waals surface area (Å²) in [5.41, 5.74) is 4.55. The van der Waals surface area contributed by atoms with Gasteiger partial charge in [0.25, 0.3) is 0 Å². The maximum atomic E-state index is 13.9. The molecule has 200 valence electrons. The van der Waals surface area contributed by atoms with E-state index in [4.69, 9.17) is 25.8 Å². The molecule has 2 atom stereocenters. The third-order valence-corrected chi connectivity index (χ3v) is 8.21. The van der Waals surface area contributed by atoms with Crippen LogP contribution in [0.1, 0.15) is 74.8 Å². The Labute approximate surface area is 229 Å². The molecular weight excluding hydrogens is 502 g/mol. The number of hydrogen-bond donors (Lipinski definition) is 1. The minimum absolute atomic E-state index is 0.0222. The van der Waals surface area contributed by atoms with Crippen molar-refractivity contribution < 1.29 is 23.8 Å². The minimum Gasteiger partial charge on any atom is -0.493 e. The molecule has 0 bridgehead atoms. The monoisotopic (exact) mass is 535 g/mol. The van der Waals surface area contributed by atoms with Crippen molar-refractivity contribution in [3.8, 4) is 11.5 Å². The number of Topliss-reactive ketones (excluding diaryl/α,β-unsaturated/α-hetero) is 1. The molecule has 0 spiro atoms. The van der Waals surface area contributed by atoms with Crippen molar-refractivity contribution in [1.82, 2.24) is 5.32 Å². The molecule has 0 aromatic heterocycles. The van der Waals surface area contributed by atoms with Crippen molar-refractivity contribution in [3.63, 3.8) is 0 Å². The van der Waals surface area contributed by atoms with E-state index < -0.39 is 5.92 Å². The van der Waals surface area contributed by atoms with Gasteiger partial charge in [-0.3, -0.25) is 4.79 Å². The van der Waals surface area contributed by atoms with Crippen LogP contribution in [0.4, 0.5) is 0 Å². The number of methoxy groups -OCH3 is 2. The summed E-state index contributed by atoms with van der Waals surface area (Å²) in [5.74, 6) is 0.270. The molecule has 6 nitrogen and oxygen atoms in total. The zero-order chi connectivity index (χ0) is 26.8. The van der Waals surface area contributed by atoms with E-state index in [1.54, 1.807) is 14.2 Å². The average molecular weight is 536 g/mol. The summed E-state index contributed by atoms with van der Waals surface area (Å²) in [6.07, 6.45) is 5.98. The summed E-state index contributed by atoms with van der Waals surface area (Å²) >= 11 is 6.10. The molecule has 1 heterocycles. The van der Waals surface area contributed by atoms with E-state index >= 15 is 0 Å². The quantitative estimate of drug-likeness (QED) is 0.420. The maximum absolute atomic E-state index is 13.9. The highest BCUT2D eigenvalue weighted by Crippen LogP contribution is 2.47. The minimum atomic E-state index is -0.555. The van der Waals surface area contributed by atoms with Crippen LogP contribution in [-0.4, -0.2) is 32.1 Å². The molecule has 1 fully saturated rings. The van der Waals surface area contributed by atoms with Crippen molar-refractivity contribution in [2.24, 2.45) is 0 Å². The lowest BCUT2D eigenvalue weighted by Gasteiger charge is -2.37. The first-order valence-electron chi connectivity index (χ1n) is 13.3. The van der Waals surface area contributed by atoms with E-state index in [1.807, 2.05) is 49.4 Å². The first kappa shape index (κ1) is 26.4. The van der Waals surface area contributed by atoms with Gasteiger partial charge in [-0.25, -0.2) is 4.79 Å². The van der Waals surface area contributed by atoms with Crippen molar-refractivity contribution in [2.45, 2.75) is 69.8 Å². The number of esters is 1. The van der Waals surface area contributed by atoms with Crippen LogP contribution in [0.3, 0.4) is 0 Å². The standard InChI is InChI=1S/C31H34ClNO5/c1-18-28(31(35)38-23-7-5-4-6-8-23)29(20-11-14-26(36-2)27(17-20)37-3)30-24(33-18)15-21(16-25(30)34)19-9-12-22(32)13-10-19/h9-14,17,21,23,29,33H,4-8,15-16H2,1-3H3/t21-,29-/m0/s1. The van der Waals surface area contributed by atoms with Crippen LogP contribution in [0, 0.1) is 0 Å². The van der Waals surface area contributed by atoms with Gasteiger partial charge in [-0.2, -0.15) is 0 Å². The second-order valence-electron chi connectivity index (χ2n) is 10.3. The Morgan fingerprint density at radius 2 is 1.61 bits per heavy atom. The number of rotatable bonds is 6. The molecule has 0 saturated heterocycles.